The van der Waals surface area contributed by atoms with E-state index < -0.39 is 0 Å². The molecule has 1 aromatic rings. The predicted molar refractivity (Wildman–Crippen MR) is 69.8 cm³/mol. The third-order valence-corrected chi connectivity index (χ3v) is 2.44. The molecule has 0 aliphatic rings. The number of nitrogens with two attached hydrogens (primary N) is 1. The van der Waals surface area contributed by atoms with Gasteiger partial charge in [0.05, 0.1) is 12.3 Å². The molecule has 0 spiro atoms. The summed E-state index contributed by atoms with van der Waals surface area (Å²) in [5.41, 5.74) is 3.32. The van der Waals surface area contributed by atoms with E-state index in [4.69, 9.17) is 15.3 Å². The molecule has 0 fully saturated rings. The van der Waals surface area contributed by atoms with E-state index in [1.165, 1.54) is 0 Å². The second-order valence-electron chi connectivity index (χ2n) is 4.30. The quantitative estimate of drug-likeness (QED) is 0.568. The largest absolute Gasteiger partial charge is 0.378 e. The summed E-state index contributed by atoms with van der Waals surface area (Å²) in [6, 6.07) is 1.76. The number of nitrogen functional groups attached to an aromatic ring is 1. The highest BCUT2D eigenvalue weighted by Crippen LogP contribution is 2.24. The Bertz CT molecular complexity index is 371. The number of hydrazine groups is 1. The van der Waals surface area contributed by atoms with E-state index in [1.54, 1.807) is 13.2 Å². The van der Waals surface area contributed by atoms with Crippen molar-refractivity contribution in [1.29, 1.82) is 0 Å². The highest BCUT2D eigenvalue weighted by atomic mass is 16.5. The summed E-state index contributed by atoms with van der Waals surface area (Å²) < 4.78 is 10.8. The normalized spacial score (nSPS) is 12.8. The fraction of sp³-hybridized carbons (Fsp3) is 0.667. The van der Waals surface area contributed by atoms with E-state index >= 15 is 0 Å². The first-order chi connectivity index (χ1) is 8.62. The minimum Gasteiger partial charge on any atom is -0.378 e. The molecule has 0 aromatic carbocycles. The minimum atomic E-state index is -0.140. The number of nitrogens with zero attached hydrogens (tertiary/aromatic N) is 2. The van der Waals surface area contributed by atoms with Crippen molar-refractivity contribution in [1.82, 2.24) is 9.97 Å². The molecule has 0 aliphatic carbocycles. The van der Waals surface area contributed by atoms with Gasteiger partial charge in [0.15, 0.2) is 5.82 Å². The maximum absolute atomic E-state index is 5.69. The summed E-state index contributed by atoms with van der Waals surface area (Å²) in [6.45, 7) is 7.13. The van der Waals surface area contributed by atoms with Gasteiger partial charge in [-0.15, -0.1) is 0 Å². The molecular formula is C12H22N4O2. The van der Waals surface area contributed by atoms with Crippen LogP contribution in [0.5, 0.6) is 0 Å². The molecule has 1 atom stereocenters. The lowest BCUT2D eigenvalue weighted by molar-refractivity contribution is 0.0229. The highest BCUT2D eigenvalue weighted by Gasteiger charge is 2.20. The number of rotatable bonds is 7. The van der Waals surface area contributed by atoms with Crippen molar-refractivity contribution in [2.24, 2.45) is 11.8 Å². The number of ether oxygens (including phenoxy) is 2. The number of nitrogens with one attached hydrogen (secondary N) is 1. The van der Waals surface area contributed by atoms with Crippen LogP contribution in [0.1, 0.15) is 38.4 Å². The Balaban J connectivity index is 3.07. The molecule has 0 bridgehead atoms. The second-order valence-corrected chi connectivity index (χ2v) is 4.30. The molecule has 1 unspecified atom stereocenters. The Kier molecular flexibility index (Phi) is 5.97. The summed E-state index contributed by atoms with van der Waals surface area (Å²) in [6.07, 6.45) is -0.140. The van der Waals surface area contributed by atoms with Gasteiger partial charge in [0, 0.05) is 19.8 Å². The van der Waals surface area contributed by atoms with Gasteiger partial charge in [0.1, 0.15) is 11.9 Å². The fourth-order valence-electron chi connectivity index (χ4n) is 1.69. The van der Waals surface area contributed by atoms with Crippen LogP contribution in [0.2, 0.25) is 0 Å². The van der Waals surface area contributed by atoms with E-state index in [0.717, 1.165) is 5.69 Å². The second kappa shape index (κ2) is 7.25. The molecule has 0 saturated carbocycles. The lowest BCUT2D eigenvalue weighted by atomic mass is 10.1. The lowest BCUT2D eigenvalue weighted by Crippen LogP contribution is -2.18. The third kappa shape index (κ3) is 3.90. The van der Waals surface area contributed by atoms with Gasteiger partial charge >= 0.3 is 0 Å². The van der Waals surface area contributed by atoms with Crippen molar-refractivity contribution in [2.75, 3.05) is 19.1 Å². The first-order valence-corrected chi connectivity index (χ1v) is 6.07. The van der Waals surface area contributed by atoms with Crippen LogP contribution in [0.25, 0.3) is 0 Å². The van der Waals surface area contributed by atoms with Crippen molar-refractivity contribution >= 4 is 5.82 Å². The van der Waals surface area contributed by atoms with E-state index in [-0.39, 0.29) is 12.0 Å². The zero-order valence-electron chi connectivity index (χ0n) is 11.4. The van der Waals surface area contributed by atoms with Crippen molar-refractivity contribution in [3.63, 3.8) is 0 Å². The highest BCUT2D eigenvalue weighted by molar-refractivity contribution is 5.34. The molecule has 6 heteroatoms. The van der Waals surface area contributed by atoms with Crippen LogP contribution in [0.4, 0.5) is 5.82 Å². The number of aromatic nitrogens is 2. The number of hydrogen-bond donors (Lipinski definition) is 2. The van der Waals surface area contributed by atoms with Crippen LogP contribution in [0.3, 0.4) is 0 Å². The standard InChI is InChI=1S/C12H22N4O2/c1-5-18-11(8(2)3)12-14-9(7-17-4)6-10(15-12)16-13/h6,8,11H,5,7,13H2,1-4H3,(H,14,15,16). The van der Waals surface area contributed by atoms with Crippen LogP contribution in [0.15, 0.2) is 6.07 Å². The summed E-state index contributed by atoms with van der Waals surface area (Å²) in [4.78, 5) is 8.80. The molecule has 0 amide bonds. The maximum atomic E-state index is 5.69. The number of hydrogen-bond acceptors (Lipinski definition) is 6. The van der Waals surface area contributed by atoms with Crippen molar-refractivity contribution in [3.05, 3.63) is 17.6 Å². The van der Waals surface area contributed by atoms with E-state index in [9.17, 15) is 0 Å². The Morgan fingerprint density at radius 2 is 2.11 bits per heavy atom. The van der Waals surface area contributed by atoms with Crippen LogP contribution < -0.4 is 11.3 Å². The first kappa shape index (κ1) is 14.8. The molecule has 3 N–H and O–H groups in total. The molecule has 1 aromatic heterocycles. The van der Waals surface area contributed by atoms with Crippen LogP contribution in [-0.2, 0) is 16.1 Å². The molecular weight excluding hydrogens is 232 g/mol. The van der Waals surface area contributed by atoms with E-state index in [0.29, 0.717) is 24.9 Å². The van der Waals surface area contributed by atoms with Crippen molar-refractivity contribution in [2.45, 2.75) is 33.5 Å². The van der Waals surface area contributed by atoms with Crippen LogP contribution >= 0.6 is 0 Å². The van der Waals surface area contributed by atoms with Gasteiger partial charge in [0.2, 0.25) is 0 Å². The van der Waals surface area contributed by atoms with Gasteiger partial charge < -0.3 is 14.9 Å². The average Bonchev–Trinajstić information content (AvgIpc) is 2.35. The van der Waals surface area contributed by atoms with Gasteiger partial charge in [-0.1, -0.05) is 13.8 Å². The third-order valence-electron chi connectivity index (χ3n) is 2.44. The summed E-state index contributed by atoms with van der Waals surface area (Å²) in [7, 11) is 1.62. The van der Waals surface area contributed by atoms with Gasteiger partial charge in [-0.05, 0) is 12.8 Å². The molecule has 0 saturated heterocycles. The Morgan fingerprint density at radius 3 is 2.61 bits per heavy atom. The van der Waals surface area contributed by atoms with Crippen LogP contribution in [-0.4, -0.2) is 23.7 Å². The topological polar surface area (TPSA) is 82.3 Å². The molecule has 102 valence electrons. The molecule has 0 aliphatic heterocycles. The molecule has 1 heterocycles. The van der Waals surface area contributed by atoms with Crippen LogP contribution in [0, 0.1) is 5.92 Å². The summed E-state index contributed by atoms with van der Waals surface area (Å²) >= 11 is 0. The number of anilines is 1. The van der Waals surface area contributed by atoms with E-state index in [1.807, 2.05) is 6.92 Å². The summed E-state index contributed by atoms with van der Waals surface area (Å²) in [5, 5.41) is 0. The maximum Gasteiger partial charge on any atom is 0.160 e. The first-order valence-electron chi connectivity index (χ1n) is 6.07. The summed E-state index contributed by atoms with van der Waals surface area (Å²) in [5.74, 6) is 6.90. The van der Waals surface area contributed by atoms with Gasteiger partial charge in [0.25, 0.3) is 0 Å². The molecule has 0 radical (unpaired) electrons. The minimum absolute atomic E-state index is 0.140. The van der Waals surface area contributed by atoms with Crippen molar-refractivity contribution in [3.8, 4) is 0 Å². The van der Waals surface area contributed by atoms with Crippen molar-refractivity contribution < 1.29 is 9.47 Å². The Hall–Kier alpha value is -1.24. The molecule has 6 nitrogen and oxygen atoms in total. The van der Waals surface area contributed by atoms with Gasteiger partial charge in [-0.25, -0.2) is 15.8 Å². The van der Waals surface area contributed by atoms with E-state index in [2.05, 4.69) is 29.2 Å². The molecule has 18 heavy (non-hydrogen) atoms. The monoisotopic (exact) mass is 254 g/mol. The number of methoxy groups -OCH3 is 1. The predicted octanol–water partition coefficient (Wildman–Crippen LogP) is 1.64. The smallest absolute Gasteiger partial charge is 0.160 e. The zero-order chi connectivity index (χ0) is 13.5. The molecule has 1 rings (SSSR count). The van der Waals surface area contributed by atoms with Gasteiger partial charge in [-0.2, -0.15) is 0 Å². The average molecular weight is 254 g/mol. The zero-order valence-corrected chi connectivity index (χ0v) is 11.4. The SMILES string of the molecule is CCOC(c1nc(COC)cc(NN)n1)C(C)C. The Labute approximate surface area is 108 Å². The Morgan fingerprint density at radius 1 is 1.39 bits per heavy atom. The van der Waals surface area contributed by atoms with Gasteiger partial charge in [-0.3, -0.25) is 0 Å². The fourth-order valence-corrected chi connectivity index (χ4v) is 1.69. The lowest BCUT2D eigenvalue weighted by Gasteiger charge is -2.20.